The van der Waals surface area contributed by atoms with Crippen molar-refractivity contribution in [3.05, 3.63) is 42.0 Å². The Balaban J connectivity index is 1.68. The molecule has 0 saturated carbocycles. The number of benzene rings is 2. The first kappa shape index (κ1) is 24.9. The molecule has 0 spiro atoms. The minimum atomic E-state index is -3.67. The first-order chi connectivity index (χ1) is 15.7. The van der Waals surface area contributed by atoms with Crippen LogP contribution in [-0.2, 0) is 26.0 Å². The van der Waals surface area contributed by atoms with E-state index in [1.54, 1.807) is 26.4 Å². The summed E-state index contributed by atoms with van der Waals surface area (Å²) in [6, 6.07) is 10.2. The number of hydrogen-bond acceptors (Lipinski definition) is 7. The third-order valence-corrected chi connectivity index (χ3v) is 8.00. The summed E-state index contributed by atoms with van der Waals surface area (Å²) in [6.07, 6.45) is 0.567. The number of thioether (sulfide) groups is 1. The van der Waals surface area contributed by atoms with Gasteiger partial charge >= 0.3 is 0 Å². The number of sulfonamides is 1. The molecule has 1 N–H and O–H groups in total. The molecule has 2 aromatic rings. The van der Waals surface area contributed by atoms with Crippen molar-refractivity contribution in [3.8, 4) is 11.5 Å². The predicted molar refractivity (Wildman–Crippen MR) is 127 cm³/mol. The van der Waals surface area contributed by atoms with Crippen molar-refractivity contribution >= 4 is 39.3 Å². The maximum atomic E-state index is 12.6. The Bertz CT molecular complexity index is 1150. The van der Waals surface area contributed by atoms with Crippen LogP contribution in [0.25, 0.3) is 0 Å². The third kappa shape index (κ3) is 5.60. The molecule has 11 heteroatoms. The Kier molecular flexibility index (Phi) is 7.88. The van der Waals surface area contributed by atoms with Crippen molar-refractivity contribution in [1.29, 1.82) is 0 Å². The predicted octanol–water partition coefficient (Wildman–Crippen LogP) is 1.75. The lowest BCUT2D eigenvalue weighted by Gasteiger charge is -2.29. The highest BCUT2D eigenvalue weighted by Gasteiger charge is 2.29. The van der Waals surface area contributed by atoms with Crippen molar-refractivity contribution in [2.45, 2.75) is 16.2 Å². The van der Waals surface area contributed by atoms with E-state index in [1.807, 2.05) is 12.1 Å². The smallest absolute Gasteiger partial charge is 0.242 e. The number of hydrogen-bond donors (Lipinski definition) is 1. The molecule has 0 aromatic heterocycles. The number of fused-ring (bicyclic) bond motifs is 1. The molecular formula is C22H27N3O6S2. The highest BCUT2D eigenvalue weighted by atomic mass is 32.2. The van der Waals surface area contributed by atoms with E-state index in [2.05, 4.69) is 5.32 Å². The van der Waals surface area contributed by atoms with Gasteiger partial charge in [-0.05, 0) is 42.3 Å². The van der Waals surface area contributed by atoms with Gasteiger partial charge in [-0.1, -0.05) is 6.07 Å². The summed E-state index contributed by atoms with van der Waals surface area (Å²) in [7, 11) is 2.34. The maximum Gasteiger partial charge on any atom is 0.242 e. The zero-order valence-electron chi connectivity index (χ0n) is 19.0. The minimum Gasteiger partial charge on any atom is -0.493 e. The van der Waals surface area contributed by atoms with E-state index in [0.717, 1.165) is 14.8 Å². The van der Waals surface area contributed by atoms with Crippen LogP contribution in [-0.4, -0.2) is 71.7 Å². The molecule has 33 heavy (non-hydrogen) atoms. The number of carbonyl (C=O) groups is 2. The molecule has 2 aromatic carbocycles. The Hall–Kier alpha value is -2.76. The fourth-order valence-electron chi connectivity index (χ4n) is 3.31. The number of nitrogens with zero attached hydrogens (tertiary/aromatic N) is 2. The molecule has 3 rings (SSSR count). The van der Waals surface area contributed by atoms with Crippen molar-refractivity contribution in [3.63, 3.8) is 0 Å². The molecular weight excluding hydrogens is 466 g/mol. The van der Waals surface area contributed by atoms with Crippen LogP contribution in [0.3, 0.4) is 0 Å². The summed E-state index contributed by atoms with van der Waals surface area (Å²) in [5.41, 5.74) is 1.39. The zero-order chi connectivity index (χ0) is 24.2. The lowest BCUT2D eigenvalue weighted by molar-refractivity contribution is -0.122. The standard InChI is InChI=1S/C22H27N3O6S2/c1-24(2)33(28,29)16-6-8-20-17(12-16)25(22(27)14-32-20)13-21(26)23-10-9-15-5-7-18(30-3)19(11-15)31-4/h5-8,11-12H,9-10,13-14H2,1-4H3,(H,23,26). The van der Waals surface area contributed by atoms with Gasteiger partial charge in [-0.25, -0.2) is 12.7 Å². The lowest BCUT2D eigenvalue weighted by atomic mass is 10.1. The quantitative estimate of drug-likeness (QED) is 0.567. The van der Waals surface area contributed by atoms with Gasteiger partial charge in [0.2, 0.25) is 21.8 Å². The minimum absolute atomic E-state index is 0.0698. The maximum absolute atomic E-state index is 12.6. The van der Waals surface area contributed by atoms with Gasteiger partial charge in [0, 0.05) is 25.5 Å². The van der Waals surface area contributed by atoms with Gasteiger partial charge in [-0.3, -0.25) is 9.59 Å². The average molecular weight is 494 g/mol. The molecule has 1 aliphatic heterocycles. The van der Waals surface area contributed by atoms with E-state index in [1.165, 1.54) is 42.9 Å². The largest absolute Gasteiger partial charge is 0.493 e. The fraction of sp³-hybridized carbons (Fsp3) is 0.364. The van der Waals surface area contributed by atoms with Gasteiger partial charge in [0.15, 0.2) is 11.5 Å². The first-order valence-electron chi connectivity index (χ1n) is 10.1. The molecule has 0 atom stereocenters. The van der Waals surface area contributed by atoms with Crippen LogP contribution in [0.15, 0.2) is 46.2 Å². The molecule has 0 saturated heterocycles. The average Bonchev–Trinajstić information content (AvgIpc) is 2.80. The van der Waals surface area contributed by atoms with E-state index in [0.29, 0.717) is 30.2 Å². The van der Waals surface area contributed by atoms with Gasteiger partial charge < -0.3 is 19.7 Å². The van der Waals surface area contributed by atoms with Gasteiger partial charge in [0.1, 0.15) is 6.54 Å². The van der Waals surface area contributed by atoms with E-state index in [9.17, 15) is 18.0 Å². The van der Waals surface area contributed by atoms with Gasteiger partial charge in [-0.15, -0.1) is 11.8 Å². The molecule has 178 valence electrons. The Morgan fingerprint density at radius 2 is 1.85 bits per heavy atom. The molecule has 0 bridgehead atoms. The van der Waals surface area contributed by atoms with Crippen LogP contribution in [0.4, 0.5) is 5.69 Å². The fourth-order valence-corrected chi connectivity index (χ4v) is 5.15. The molecule has 0 aliphatic carbocycles. The van der Waals surface area contributed by atoms with Crippen molar-refractivity contribution < 1.29 is 27.5 Å². The number of amides is 2. The summed E-state index contributed by atoms with van der Waals surface area (Å²) in [6.45, 7) is 0.177. The Morgan fingerprint density at radius 3 is 2.52 bits per heavy atom. The van der Waals surface area contributed by atoms with Crippen molar-refractivity contribution in [2.75, 3.05) is 52.1 Å². The molecule has 1 aliphatic rings. The summed E-state index contributed by atoms with van der Waals surface area (Å²) in [4.78, 5) is 27.3. The number of methoxy groups -OCH3 is 2. The van der Waals surface area contributed by atoms with E-state index in [-0.39, 0.29) is 29.0 Å². The second-order valence-electron chi connectivity index (χ2n) is 7.47. The first-order valence-corrected chi connectivity index (χ1v) is 12.6. The van der Waals surface area contributed by atoms with Crippen molar-refractivity contribution in [2.24, 2.45) is 0 Å². The van der Waals surface area contributed by atoms with Gasteiger partial charge in [-0.2, -0.15) is 0 Å². The third-order valence-electron chi connectivity index (χ3n) is 5.14. The summed E-state index contributed by atoms with van der Waals surface area (Å²) >= 11 is 1.32. The monoisotopic (exact) mass is 493 g/mol. The second-order valence-corrected chi connectivity index (χ2v) is 10.6. The molecule has 2 amide bonds. The Morgan fingerprint density at radius 1 is 1.12 bits per heavy atom. The zero-order valence-corrected chi connectivity index (χ0v) is 20.6. The molecule has 0 radical (unpaired) electrons. The highest BCUT2D eigenvalue weighted by Crippen LogP contribution is 2.37. The van der Waals surface area contributed by atoms with E-state index in [4.69, 9.17) is 9.47 Å². The van der Waals surface area contributed by atoms with Crippen LogP contribution in [0.1, 0.15) is 5.56 Å². The highest BCUT2D eigenvalue weighted by molar-refractivity contribution is 8.00. The summed E-state index contributed by atoms with van der Waals surface area (Å²) in [5, 5.41) is 2.82. The SMILES string of the molecule is COc1ccc(CCNC(=O)CN2C(=O)CSc3ccc(S(=O)(=O)N(C)C)cc32)cc1OC. The topological polar surface area (TPSA) is 105 Å². The molecule has 1 heterocycles. The second kappa shape index (κ2) is 10.4. The Labute approximate surface area is 198 Å². The van der Waals surface area contributed by atoms with Crippen LogP contribution in [0.5, 0.6) is 11.5 Å². The summed E-state index contributed by atoms with van der Waals surface area (Å²) in [5.74, 6) is 0.842. The van der Waals surface area contributed by atoms with Crippen LogP contribution in [0, 0.1) is 0 Å². The van der Waals surface area contributed by atoms with E-state index >= 15 is 0 Å². The number of carbonyl (C=O) groups excluding carboxylic acids is 2. The van der Waals surface area contributed by atoms with Crippen molar-refractivity contribution in [1.82, 2.24) is 9.62 Å². The van der Waals surface area contributed by atoms with Crippen LogP contribution >= 0.6 is 11.8 Å². The van der Waals surface area contributed by atoms with Gasteiger partial charge in [0.05, 0.1) is 30.6 Å². The van der Waals surface area contributed by atoms with Gasteiger partial charge in [0.25, 0.3) is 0 Å². The van der Waals surface area contributed by atoms with Crippen LogP contribution < -0.4 is 19.7 Å². The number of ether oxygens (including phenoxy) is 2. The number of rotatable bonds is 9. The molecule has 0 fully saturated rings. The summed E-state index contributed by atoms with van der Waals surface area (Å²) < 4.78 is 36.6. The van der Waals surface area contributed by atoms with Crippen LogP contribution in [0.2, 0.25) is 0 Å². The lowest BCUT2D eigenvalue weighted by Crippen LogP contribution is -2.43. The molecule has 0 unspecified atom stereocenters. The number of nitrogens with one attached hydrogen (secondary N) is 1. The van der Waals surface area contributed by atoms with E-state index < -0.39 is 10.0 Å². The number of anilines is 1. The normalized spacial score (nSPS) is 13.6. The molecule has 9 nitrogen and oxygen atoms in total.